The number of rotatable bonds is 12. The minimum atomic E-state index is -0.105. The van der Waals surface area contributed by atoms with E-state index in [2.05, 4.69) is 108 Å². The first-order valence-corrected chi connectivity index (χ1v) is 15.4. The van der Waals surface area contributed by atoms with E-state index in [1.54, 1.807) is 0 Å². The van der Waals surface area contributed by atoms with Crippen molar-refractivity contribution in [3.8, 4) is 11.1 Å². The molecule has 2 N–H and O–H groups in total. The molecule has 4 nitrogen and oxygen atoms in total. The smallest absolute Gasteiger partial charge is 0.251 e. The summed E-state index contributed by atoms with van der Waals surface area (Å²) in [6, 6.07) is 39.5. The molecule has 0 aliphatic carbocycles. The molecule has 0 radical (unpaired) electrons. The van der Waals surface area contributed by atoms with Crippen molar-refractivity contribution < 1.29 is 4.79 Å². The van der Waals surface area contributed by atoms with Crippen LogP contribution in [0.1, 0.15) is 40.0 Å². The molecule has 0 saturated carbocycles. The molecule has 0 heterocycles. The Labute approximate surface area is 260 Å². The quantitative estimate of drug-likeness (QED) is 0.155. The van der Waals surface area contributed by atoms with E-state index in [4.69, 9.17) is 11.6 Å². The molecule has 1 amide bonds. The Kier molecular flexibility index (Phi) is 10.3. The summed E-state index contributed by atoms with van der Waals surface area (Å²) in [5.41, 5.74) is 6.60. The topological polar surface area (TPSA) is 44.4 Å². The second-order valence-electron chi connectivity index (χ2n) is 11.2. The van der Waals surface area contributed by atoms with Gasteiger partial charge in [-0.25, -0.2) is 0 Å². The average Bonchev–Trinajstić information content (AvgIpc) is 3.04. The monoisotopic (exact) mass is 589 g/mol. The van der Waals surface area contributed by atoms with Crippen molar-refractivity contribution in [3.63, 3.8) is 0 Å². The third kappa shape index (κ3) is 7.91. The summed E-state index contributed by atoms with van der Waals surface area (Å²) in [4.78, 5) is 15.9. The maximum absolute atomic E-state index is 13.6. The lowest BCUT2D eigenvalue weighted by Gasteiger charge is -2.32. The molecule has 0 aliphatic heterocycles. The molecular formula is C38H40ClN3O. The molecule has 5 aromatic carbocycles. The van der Waals surface area contributed by atoms with Gasteiger partial charge in [-0.2, -0.15) is 0 Å². The van der Waals surface area contributed by atoms with Crippen LogP contribution < -0.4 is 10.6 Å². The van der Waals surface area contributed by atoms with Gasteiger partial charge in [0.15, 0.2) is 0 Å². The number of likely N-dealkylation sites (N-methyl/N-ethyl adjacent to an activating group) is 2. The third-order valence-electron chi connectivity index (χ3n) is 8.17. The fourth-order valence-corrected chi connectivity index (χ4v) is 5.83. The largest absolute Gasteiger partial charge is 0.348 e. The average molecular weight is 590 g/mol. The maximum atomic E-state index is 13.6. The molecule has 5 rings (SSSR count). The molecule has 2 unspecified atom stereocenters. The third-order valence-corrected chi connectivity index (χ3v) is 8.42. The number of hydrogen-bond acceptors (Lipinski definition) is 3. The van der Waals surface area contributed by atoms with Gasteiger partial charge in [0.05, 0.1) is 0 Å². The molecule has 5 aromatic rings. The number of carbonyl (C=O) groups is 1. The first kappa shape index (κ1) is 30.5. The van der Waals surface area contributed by atoms with Crippen LogP contribution in [-0.4, -0.2) is 44.0 Å². The first-order chi connectivity index (χ1) is 20.9. The zero-order valence-corrected chi connectivity index (χ0v) is 25.9. The first-order valence-electron chi connectivity index (χ1n) is 15.0. The highest BCUT2D eigenvalue weighted by atomic mass is 35.5. The number of fused-ring (bicyclic) bond motifs is 1. The number of carbonyl (C=O) groups excluding carboxylic acids is 1. The number of aryl methyl sites for hydroxylation is 1. The van der Waals surface area contributed by atoms with Crippen molar-refractivity contribution >= 4 is 28.3 Å². The van der Waals surface area contributed by atoms with Crippen LogP contribution in [0.4, 0.5) is 0 Å². The Hall–Kier alpha value is -3.96. The van der Waals surface area contributed by atoms with Crippen molar-refractivity contribution in [2.75, 3.05) is 27.2 Å². The number of amides is 1. The van der Waals surface area contributed by atoms with Gasteiger partial charge in [0.1, 0.15) is 0 Å². The molecule has 2 atom stereocenters. The van der Waals surface area contributed by atoms with E-state index in [0.29, 0.717) is 12.1 Å². The second-order valence-corrected chi connectivity index (χ2v) is 11.7. The summed E-state index contributed by atoms with van der Waals surface area (Å²) in [5, 5.41) is 9.84. The van der Waals surface area contributed by atoms with Gasteiger partial charge >= 0.3 is 0 Å². The molecule has 0 bridgehead atoms. The highest BCUT2D eigenvalue weighted by Crippen LogP contribution is 2.24. The summed E-state index contributed by atoms with van der Waals surface area (Å²) < 4.78 is 0. The van der Waals surface area contributed by atoms with Crippen LogP contribution >= 0.6 is 11.6 Å². The van der Waals surface area contributed by atoms with Gasteiger partial charge < -0.3 is 10.6 Å². The lowest BCUT2D eigenvalue weighted by Crippen LogP contribution is -2.46. The minimum Gasteiger partial charge on any atom is -0.348 e. The van der Waals surface area contributed by atoms with Crippen LogP contribution in [0, 0.1) is 0 Å². The highest BCUT2D eigenvalue weighted by Gasteiger charge is 2.22. The summed E-state index contributed by atoms with van der Waals surface area (Å²) in [7, 11) is 4.09. The van der Waals surface area contributed by atoms with E-state index in [1.807, 2.05) is 43.4 Å². The van der Waals surface area contributed by atoms with Gasteiger partial charge in [-0.3, -0.25) is 9.69 Å². The number of nitrogens with zero attached hydrogens (tertiary/aromatic N) is 1. The molecule has 220 valence electrons. The molecular weight excluding hydrogens is 550 g/mol. The Bertz CT molecular complexity index is 1630. The Morgan fingerprint density at radius 3 is 2.07 bits per heavy atom. The molecule has 0 spiro atoms. The zero-order chi connectivity index (χ0) is 30.2. The SMILES string of the molecule is CCc1ccc(-c2ccc(C(=O)NC(Cc3ccc4ccccc4c3)CN(C)C(CNC)c3ccc(Cl)cc3)cc2)cc1. The molecule has 43 heavy (non-hydrogen) atoms. The molecule has 0 aromatic heterocycles. The van der Waals surface area contributed by atoms with Gasteiger partial charge in [0.25, 0.3) is 5.91 Å². The van der Waals surface area contributed by atoms with Crippen LogP contribution in [-0.2, 0) is 12.8 Å². The predicted octanol–water partition coefficient (Wildman–Crippen LogP) is 7.96. The summed E-state index contributed by atoms with van der Waals surface area (Å²) in [6.07, 6.45) is 1.74. The zero-order valence-electron chi connectivity index (χ0n) is 25.2. The standard InChI is InChI=1S/C38H40ClN3O/c1-4-27-9-12-30(13-10-27)31-15-17-33(18-16-31)38(43)41-36(24-28-11-14-29-7-5-6-8-34(29)23-28)26-42(3)37(25-40-2)32-19-21-35(39)22-20-32/h5-23,36-37,40H,4,24-26H2,1-3H3,(H,41,43). The lowest BCUT2D eigenvalue weighted by atomic mass is 9.99. The Balaban J connectivity index is 1.36. The van der Waals surface area contributed by atoms with Crippen LogP contribution in [0.25, 0.3) is 21.9 Å². The van der Waals surface area contributed by atoms with Gasteiger partial charge in [-0.15, -0.1) is 0 Å². The van der Waals surface area contributed by atoms with Crippen molar-refractivity contribution in [1.29, 1.82) is 0 Å². The maximum Gasteiger partial charge on any atom is 0.251 e. The van der Waals surface area contributed by atoms with Gasteiger partial charge in [0, 0.05) is 35.8 Å². The van der Waals surface area contributed by atoms with Gasteiger partial charge in [-0.1, -0.05) is 110 Å². The van der Waals surface area contributed by atoms with Crippen LogP contribution in [0.5, 0.6) is 0 Å². The van der Waals surface area contributed by atoms with E-state index in [1.165, 1.54) is 27.5 Å². The second kappa shape index (κ2) is 14.5. The molecule has 0 aliphatic rings. The van der Waals surface area contributed by atoms with Crippen molar-refractivity contribution in [2.45, 2.75) is 31.8 Å². The molecule has 5 heteroatoms. The van der Waals surface area contributed by atoms with Crippen molar-refractivity contribution in [2.24, 2.45) is 0 Å². The van der Waals surface area contributed by atoms with Crippen LogP contribution in [0.15, 0.2) is 115 Å². The number of hydrogen-bond donors (Lipinski definition) is 2. The van der Waals surface area contributed by atoms with E-state index in [-0.39, 0.29) is 18.0 Å². The molecule has 0 fully saturated rings. The minimum absolute atomic E-state index is 0.0660. The Morgan fingerprint density at radius 2 is 1.42 bits per heavy atom. The molecule has 0 saturated heterocycles. The van der Waals surface area contributed by atoms with Crippen LogP contribution in [0.2, 0.25) is 5.02 Å². The fourth-order valence-electron chi connectivity index (χ4n) is 5.71. The normalized spacial score (nSPS) is 12.8. The van der Waals surface area contributed by atoms with E-state index < -0.39 is 0 Å². The number of halogens is 1. The van der Waals surface area contributed by atoms with E-state index in [0.717, 1.165) is 35.5 Å². The van der Waals surface area contributed by atoms with Gasteiger partial charge in [0.2, 0.25) is 0 Å². The van der Waals surface area contributed by atoms with E-state index >= 15 is 0 Å². The number of nitrogens with one attached hydrogen (secondary N) is 2. The summed E-state index contributed by atoms with van der Waals surface area (Å²) in [6.45, 7) is 3.61. The van der Waals surface area contributed by atoms with E-state index in [9.17, 15) is 4.79 Å². The van der Waals surface area contributed by atoms with Crippen molar-refractivity contribution in [3.05, 3.63) is 143 Å². The predicted molar refractivity (Wildman–Crippen MR) is 181 cm³/mol. The Morgan fingerprint density at radius 1 is 0.791 bits per heavy atom. The summed E-state index contributed by atoms with van der Waals surface area (Å²) >= 11 is 6.18. The fraction of sp³-hybridized carbons (Fsp3) is 0.237. The van der Waals surface area contributed by atoms with Crippen molar-refractivity contribution in [1.82, 2.24) is 15.5 Å². The summed E-state index contributed by atoms with van der Waals surface area (Å²) in [5.74, 6) is -0.0660. The highest BCUT2D eigenvalue weighted by molar-refractivity contribution is 6.30. The number of benzene rings is 5. The van der Waals surface area contributed by atoms with Gasteiger partial charge in [-0.05, 0) is 89.8 Å². The van der Waals surface area contributed by atoms with Crippen LogP contribution in [0.3, 0.4) is 0 Å². The lowest BCUT2D eigenvalue weighted by molar-refractivity contribution is 0.0921.